The first kappa shape index (κ1) is 15.3. The molecule has 0 aliphatic carbocycles. The van der Waals surface area contributed by atoms with Crippen molar-refractivity contribution in [3.63, 3.8) is 0 Å². The zero-order valence-electron chi connectivity index (χ0n) is 12.1. The molecule has 2 rings (SSSR count). The highest BCUT2D eigenvalue weighted by molar-refractivity contribution is 7.91. The fourth-order valence-electron chi connectivity index (χ4n) is 2.65. The van der Waals surface area contributed by atoms with Crippen LogP contribution in [0.5, 0.6) is 0 Å². The molecule has 4 nitrogen and oxygen atoms in total. The van der Waals surface area contributed by atoms with E-state index in [-0.39, 0.29) is 29.4 Å². The number of sulfone groups is 1. The molecule has 112 valence electrons. The molecule has 1 saturated heterocycles. The maximum atomic E-state index is 13.7. The minimum Gasteiger partial charge on any atom is -0.367 e. The summed E-state index contributed by atoms with van der Waals surface area (Å²) < 4.78 is 37.1. The summed E-state index contributed by atoms with van der Waals surface area (Å²) in [5, 5.41) is 0. The molecule has 1 aromatic rings. The molecule has 2 N–H and O–H groups in total. The van der Waals surface area contributed by atoms with Crippen molar-refractivity contribution >= 4 is 15.5 Å². The van der Waals surface area contributed by atoms with Gasteiger partial charge in [-0.3, -0.25) is 0 Å². The molecule has 0 bridgehead atoms. The maximum absolute atomic E-state index is 13.7. The van der Waals surface area contributed by atoms with Crippen LogP contribution in [0, 0.1) is 12.7 Å². The Morgan fingerprint density at radius 1 is 1.45 bits per heavy atom. The summed E-state index contributed by atoms with van der Waals surface area (Å²) in [6.07, 6.45) is 0. The van der Waals surface area contributed by atoms with Gasteiger partial charge in [0.2, 0.25) is 0 Å². The van der Waals surface area contributed by atoms with Gasteiger partial charge in [-0.05, 0) is 44.0 Å². The molecule has 0 spiro atoms. The van der Waals surface area contributed by atoms with Crippen molar-refractivity contribution in [3.8, 4) is 0 Å². The molecule has 1 aliphatic heterocycles. The van der Waals surface area contributed by atoms with Crippen LogP contribution < -0.4 is 10.6 Å². The largest absolute Gasteiger partial charge is 0.367 e. The Labute approximate surface area is 119 Å². The predicted molar refractivity (Wildman–Crippen MR) is 79.2 cm³/mol. The number of hydrogen-bond acceptors (Lipinski definition) is 4. The highest BCUT2D eigenvalue weighted by Gasteiger charge is 2.30. The lowest BCUT2D eigenvalue weighted by Crippen LogP contribution is -2.47. The van der Waals surface area contributed by atoms with Crippen LogP contribution in [0.4, 0.5) is 10.1 Å². The van der Waals surface area contributed by atoms with E-state index < -0.39 is 9.84 Å². The molecule has 0 radical (unpaired) electrons. The summed E-state index contributed by atoms with van der Waals surface area (Å²) in [6.45, 7) is 5.81. The van der Waals surface area contributed by atoms with Gasteiger partial charge in [0.15, 0.2) is 9.84 Å². The predicted octanol–water partition coefficient (Wildman–Crippen LogP) is 1.78. The summed E-state index contributed by atoms with van der Waals surface area (Å²) >= 11 is 0. The standard InChI is InChI=1S/C14H21FN2O2S/c1-9-6-14(12(11(3)16)7-13(9)15)17-4-5-20(18,19)8-10(17)2/h6-7,10-11H,4-5,8,16H2,1-3H3. The van der Waals surface area contributed by atoms with E-state index in [2.05, 4.69) is 0 Å². The van der Waals surface area contributed by atoms with E-state index >= 15 is 0 Å². The molecule has 6 heteroatoms. The SMILES string of the molecule is Cc1cc(N2CCS(=O)(=O)CC2C)c(C(C)N)cc1F. The molecule has 0 saturated carbocycles. The van der Waals surface area contributed by atoms with Gasteiger partial charge in [0.25, 0.3) is 0 Å². The van der Waals surface area contributed by atoms with Crippen LogP contribution >= 0.6 is 0 Å². The third kappa shape index (κ3) is 2.96. The average Bonchev–Trinajstić information content (AvgIpc) is 2.31. The van der Waals surface area contributed by atoms with E-state index in [0.29, 0.717) is 12.1 Å². The van der Waals surface area contributed by atoms with Crippen LogP contribution in [-0.4, -0.2) is 32.5 Å². The number of benzene rings is 1. The van der Waals surface area contributed by atoms with Gasteiger partial charge in [0.05, 0.1) is 11.5 Å². The number of rotatable bonds is 2. The highest BCUT2D eigenvalue weighted by Crippen LogP contribution is 2.31. The molecular weight excluding hydrogens is 279 g/mol. The number of halogens is 1. The minimum atomic E-state index is -2.97. The number of hydrogen-bond donors (Lipinski definition) is 1. The van der Waals surface area contributed by atoms with Crippen LogP contribution in [-0.2, 0) is 9.84 Å². The van der Waals surface area contributed by atoms with Crippen LogP contribution in [0.3, 0.4) is 0 Å². The number of nitrogens with zero attached hydrogens (tertiary/aromatic N) is 1. The smallest absolute Gasteiger partial charge is 0.154 e. The molecule has 1 heterocycles. The van der Waals surface area contributed by atoms with Gasteiger partial charge in [-0.1, -0.05) is 0 Å². The topological polar surface area (TPSA) is 63.4 Å². The molecule has 1 fully saturated rings. The second-order valence-corrected chi connectivity index (χ2v) is 7.83. The first-order valence-corrected chi connectivity index (χ1v) is 8.56. The monoisotopic (exact) mass is 300 g/mol. The lowest BCUT2D eigenvalue weighted by atomic mass is 10.0. The summed E-state index contributed by atoms with van der Waals surface area (Å²) in [5.41, 5.74) is 8.04. The van der Waals surface area contributed by atoms with Gasteiger partial charge in [-0.15, -0.1) is 0 Å². The maximum Gasteiger partial charge on any atom is 0.154 e. The van der Waals surface area contributed by atoms with E-state index in [1.165, 1.54) is 6.07 Å². The number of nitrogens with two attached hydrogens (primary N) is 1. The van der Waals surface area contributed by atoms with Crippen molar-refractivity contribution in [1.82, 2.24) is 0 Å². The van der Waals surface area contributed by atoms with E-state index in [1.807, 2.05) is 11.8 Å². The van der Waals surface area contributed by atoms with Gasteiger partial charge in [0.1, 0.15) is 5.82 Å². The zero-order chi connectivity index (χ0) is 15.1. The second-order valence-electron chi connectivity index (χ2n) is 5.61. The zero-order valence-corrected chi connectivity index (χ0v) is 12.9. The molecule has 2 atom stereocenters. The Bertz CT molecular complexity index is 614. The van der Waals surface area contributed by atoms with Crippen LogP contribution in [0.2, 0.25) is 0 Å². The lowest BCUT2D eigenvalue weighted by Gasteiger charge is -2.37. The molecule has 0 amide bonds. The number of anilines is 1. The Hall–Kier alpha value is -1.14. The number of aryl methyl sites for hydroxylation is 1. The fourth-order valence-corrected chi connectivity index (χ4v) is 4.21. The van der Waals surface area contributed by atoms with Crippen molar-refractivity contribution in [2.75, 3.05) is 23.0 Å². The Kier molecular flexibility index (Phi) is 4.07. The van der Waals surface area contributed by atoms with Gasteiger partial charge < -0.3 is 10.6 Å². The molecule has 1 aliphatic rings. The van der Waals surface area contributed by atoms with Crippen LogP contribution in [0.1, 0.15) is 31.0 Å². The summed E-state index contributed by atoms with van der Waals surface area (Å²) in [4.78, 5) is 2.02. The van der Waals surface area contributed by atoms with Crippen LogP contribution in [0.25, 0.3) is 0 Å². The van der Waals surface area contributed by atoms with Crippen molar-refractivity contribution in [2.24, 2.45) is 5.73 Å². The van der Waals surface area contributed by atoms with E-state index in [0.717, 1.165) is 11.3 Å². The summed E-state index contributed by atoms with van der Waals surface area (Å²) in [6, 6.07) is 2.80. The quantitative estimate of drug-likeness (QED) is 0.904. The van der Waals surface area contributed by atoms with Gasteiger partial charge in [-0.2, -0.15) is 0 Å². The van der Waals surface area contributed by atoms with Crippen molar-refractivity contribution in [3.05, 3.63) is 29.1 Å². The highest BCUT2D eigenvalue weighted by atomic mass is 32.2. The molecule has 0 aromatic heterocycles. The second kappa shape index (κ2) is 5.33. The van der Waals surface area contributed by atoms with Crippen molar-refractivity contribution in [2.45, 2.75) is 32.9 Å². The minimum absolute atomic E-state index is 0.127. The first-order chi connectivity index (χ1) is 9.21. The Balaban J connectivity index is 2.44. The molecule has 2 unspecified atom stereocenters. The van der Waals surface area contributed by atoms with E-state index in [4.69, 9.17) is 5.73 Å². The van der Waals surface area contributed by atoms with E-state index in [1.54, 1.807) is 19.9 Å². The summed E-state index contributed by atoms with van der Waals surface area (Å²) in [5.74, 6) is -0.0214. The van der Waals surface area contributed by atoms with Crippen molar-refractivity contribution in [1.29, 1.82) is 0 Å². The van der Waals surface area contributed by atoms with Gasteiger partial charge >= 0.3 is 0 Å². The summed E-state index contributed by atoms with van der Waals surface area (Å²) in [7, 11) is -2.97. The molecule has 1 aromatic carbocycles. The first-order valence-electron chi connectivity index (χ1n) is 6.74. The Morgan fingerprint density at radius 3 is 2.65 bits per heavy atom. The Morgan fingerprint density at radius 2 is 2.10 bits per heavy atom. The van der Waals surface area contributed by atoms with Crippen molar-refractivity contribution < 1.29 is 12.8 Å². The third-order valence-electron chi connectivity index (χ3n) is 3.78. The molecule has 20 heavy (non-hydrogen) atoms. The van der Waals surface area contributed by atoms with Gasteiger partial charge in [0, 0.05) is 24.3 Å². The third-order valence-corrected chi connectivity index (χ3v) is 5.57. The fraction of sp³-hybridized carbons (Fsp3) is 0.571. The van der Waals surface area contributed by atoms with Gasteiger partial charge in [-0.25, -0.2) is 12.8 Å². The van der Waals surface area contributed by atoms with Crippen LogP contribution in [0.15, 0.2) is 12.1 Å². The normalized spacial score (nSPS) is 23.6. The van der Waals surface area contributed by atoms with E-state index in [9.17, 15) is 12.8 Å². The lowest BCUT2D eigenvalue weighted by molar-refractivity contribution is 0.566. The average molecular weight is 300 g/mol. The molecular formula is C14H21FN2O2S.